The van der Waals surface area contributed by atoms with Crippen molar-refractivity contribution in [3.8, 4) is 5.75 Å². The van der Waals surface area contributed by atoms with E-state index in [1.165, 1.54) is 119 Å². The maximum atomic E-state index is 8.49. The molecule has 0 bridgehead atoms. The summed E-state index contributed by atoms with van der Waals surface area (Å²) < 4.78 is 16.9. The average molecular weight is 624 g/mol. The Balaban J connectivity index is 1.55. The van der Waals surface area contributed by atoms with Gasteiger partial charge in [0.2, 0.25) is 0 Å². The van der Waals surface area contributed by atoms with Crippen LogP contribution in [-0.2, 0) is 11.1 Å². The first-order chi connectivity index (χ1) is 22.1. The molecule has 3 nitrogen and oxygen atoms in total. The minimum atomic E-state index is -3.12. The van der Waals surface area contributed by atoms with E-state index < -0.39 is 6.83 Å². The monoisotopic (exact) mass is 623 g/mol. The molecule has 7 rings (SSSR count). The van der Waals surface area contributed by atoms with E-state index >= 15 is 0 Å². The maximum absolute atomic E-state index is 8.49. The molecule has 3 aromatic carbocycles. The second-order valence-electron chi connectivity index (χ2n) is 14.5. The van der Waals surface area contributed by atoms with Gasteiger partial charge in [-0.1, -0.05) is 0 Å². The van der Waals surface area contributed by atoms with Crippen molar-refractivity contribution in [3.05, 3.63) is 107 Å². The van der Waals surface area contributed by atoms with Crippen LogP contribution in [0.1, 0.15) is 119 Å². The van der Waals surface area contributed by atoms with Gasteiger partial charge in [-0.05, 0) is 0 Å². The van der Waals surface area contributed by atoms with E-state index in [1.54, 1.807) is 12.9 Å². The molecule has 1 aliphatic heterocycles. The molecule has 4 heteroatoms. The molecule has 0 amide bonds. The van der Waals surface area contributed by atoms with Gasteiger partial charge in [0.1, 0.15) is 0 Å². The van der Waals surface area contributed by atoms with Gasteiger partial charge in [-0.15, -0.1) is 0 Å². The van der Waals surface area contributed by atoms with E-state index in [0.717, 1.165) is 18.2 Å². The molecule has 45 heavy (non-hydrogen) atoms. The van der Waals surface area contributed by atoms with Crippen LogP contribution in [0.4, 0.5) is 0 Å². The third-order valence-electron chi connectivity index (χ3n) is 12.1. The van der Waals surface area contributed by atoms with Crippen molar-refractivity contribution >= 4 is 12.7 Å². The molecule has 3 fully saturated rings. The minimum absolute atomic E-state index is 0.640. The Morgan fingerprint density at radius 1 is 0.667 bits per heavy atom. The van der Waals surface area contributed by atoms with Crippen molar-refractivity contribution in [1.82, 2.24) is 0 Å². The Labute approximate surface area is 272 Å². The predicted octanol–water partition coefficient (Wildman–Crippen LogP) is 11.0. The third kappa shape index (κ3) is 5.32. The SMILES string of the molecule is COc1ccc(C2=[N+](Cc3ccccc3)[C-](c3ccc(C)cc3)P(C3CCCCC3)(C3CCCCC3)(C3CCCCC3)O2)cc1. The van der Waals surface area contributed by atoms with Gasteiger partial charge in [-0.3, -0.25) is 0 Å². The first-order valence-corrected chi connectivity index (χ1v) is 20.5. The zero-order valence-electron chi connectivity index (χ0n) is 27.8. The number of methoxy groups -OCH3 is 1. The van der Waals surface area contributed by atoms with Crippen LogP contribution in [0.3, 0.4) is 0 Å². The molecule has 3 aliphatic carbocycles. The van der Waals surface area contributed by atoms with Crippen LogP contribution in [0, 0.1) is 12.7 Å². The van der Waals surface area contributed by atoms with Crippen LogP contribution in [0.5, 0.6) is 5.75 Å². The molecule has 3 saturated carbocycles. The van der Waals surface area contributed by atoms with Crippen LogP contribution in [0.25, 0.3) is 0 Å². The van der Waals surface area contributed by atoms with E-state index in [4.69, 9.17) is 9.26 Å². The molecule has 3 aromatic rings. The molecular weight excluding hydrogens is 569 g/mol. The molecule has 0 aromatic heterocycles. The zero-order chi connectivity index (χ0) is 30.7. The summed E-state index contributed by atoms with van der Waals surface area (Å²) in [5.41, 5.74) is 7.24. The number of rotatable bonds is 8. The van der Waals surface area contributed by atoms with Crippen LogP contribution in [-0.4, -0.2) is 34.6 Å². The van der Waals surface area contributed by atoms with Gasteiger partial charge in [0.05, 0.1) is 0 Å². The Bertz CT molecular complexity index is 1400. The Hall–Kier alpha value is -2.77. The molecule has 240 valence electrons. The first kappa shape index (κ1) is 30.9. The van der Waals surface area contributed by atoms with Crippen LogP contribution < -0.4 is 4.74 Å². The molecule has 0 radical (unpaired) electrons. The Kier molecular flexibility index (Phi) is 9.02. The van der Waals surface area contributed by atoms with Crippen molar-refractivity contribution in [2.24, 2.45) is 0 Å². The molecule has 0 atom stereocenters. The average Bonchev–Trinajstić information content (AvgIpc) is 3.43. The van der Waals surface area contributed by atoms with Gasteiger partial charge < -0.3 is 0 Å². The molecule has 0 N–H and O–H groups in total. The van der Waals surface area contributed by atoms with Crippen molar-refractivity contribution in [2.45, 2.75) is 127 Å². The standard InChI is InChI=1S/C41H54NO2P/c1-32-23-25-35(26-24-32)41-42(31-33-15-7-3-8-16-33)40(34-27-29-36(43-2)30-28-34)44-45(41,37-17-9-4-10-18-37,38-19-11-5-12-20-38)39-21-13-6-14-22-39/h3,7-8,15-16,23-30,37-39H,4-6,9-14,17-22,31H2,1-2H3. The quantitative estimate of drug-likeness (QED) is 0.141. The van der Waals surface area contributed by atoms with Crippen molar-refractivity contribution in [1.29, 1.82) is 0 Å². The number of nitrogens with zero attached hydrogens (tertiary/aromatic N) is 1. The van der Waals surface area contributed by atoms with Gasteiger partial charge in [-0.25, -0.2) is 0 Å². The fraction of sp³-hybridized carbons (Fsp3) is 0.512. The fourth-order valence-corrected chi connectivity index (χ4v) is 19.7. The summed E-state index contributed by atoms with van der Waals surface area (Å²) in [6, 6.07) is 29.6. The number of hydrogen-bond acceptors (Lipinski definition) is 2. The summed E-state index contributed by atoms with van der Waals surface area (Å²) in [4.78, 5) is 0. The second-order valence-corrected chi connectivity index (χ2v) is 19.8. The van der Waals surface area contributed by atoms with Gasteiger partial charge in [0.15, 0.2) is 0 Å². The zero-order valence-corrected chi connectivity index (χ0v) is 28.7. The number of aryl methyl sites for hydroxylation is 1. The van der Waals surface area contributed by atoms with E-state index in [9.17, 15) is 0 Å². The van der Waals surface area contributed by atoms with Gasteiger partial charge in [0.25, 0.3) is 0 Å². The van der Waals surface area contributed by atoms with E-state index in [-0.39, 0.29) is 0 Å². The summed E-state index contributed by atoms with van der Waals surface area (Å²) in [5, 5.41) is 0. The summed E-state index contributed by atoms with van der Waals surface area (Å²) >= 11 is 0. The Morgan fingerprint density at radius 3 is 1.67 bits per heavy atom. The normalized spacial score (nSPS) is 23.7. The predicted molar refractivity (Wildman–Crippen MR) is 190 cm³/mol. The molecule has 0 spiro atoms. The van der Waals surface area contributed by atoms with Crippen LogP contribution >= 0.6 is 6.83 Å². The van der Waals surface area contributed by atoms with Gasteiger partial charge >= 0.3 is 273 Å². The summed E-state index contributed by atoms with van der Waals surface area (Å²) in [6.07, 6.45) is 20.2. The van der Waals surface area contributed by atoms with E-state index in [1.807, 2.05) is 0 Å². The van der Waals surface area contributed by atoms with Gasteiger partial charge in [0, 0.05) is 0 Å². The van der Waals surface area contributed by atoms with Crippen LogP contribution in [0.15, 0.2) is 78.9 Å². The summed E-state index contributed by atoms with van der Waals surface area (Å²) in [6.45, 7) is -0.0450. The van der Waals surface area contributed by atoms with Crippen molar-refractivity contribution in [2.75, 3.05) is 7.11 Å². The van der Waals surface area contributed by atoms with E-state index in [2.05, 4.69) is 90.4 Å². The number of hydrogen-bond donors (Lipinski definition) is 0. The van der Waals surface area contributed by atoms with Crippen LogP contribution in [0.2, 0.25) is 0 Å². The number of ether oxygens (including phenoxy) is 1. The molecule has 0 unspecified atom stereocenters. The fourth-order valence-electron chi connectivity index (χ4n) is 10.1. The third-order valence-corrected chi connectivity index (χ3v) is 20.1. The molecule has 0 saturated heterocycles. The van der Waals surface area contributed by atoms with E-state index in [0.29, 0.717) is 17.0 Å². The van der Waals surface area contributed by atoms with Crippen molar-refractivity contribution in [3.63, 3.8) is 0 Å². The summed E-state index contributed by atoms with van der Waals surface area (Å²) in [5.74, 6) is 3.65. The summed E-state index contributed by atoms with van der Waals surface area (Å²) in [7, 11) is 1.76. The van der Waals surface area contributed by atoms with Crippen molar-refractivity contribution < 1.29 is 13.8 Å². The number of benzene rings is 3. The second kappa shape index (κ2) is 13.2. The Morgan fingerprint density at radius 2 is 1.18 bits per heavy atom. The first-order valence-electron chi connectivity index (χ1n) is 18.1. The van der Waals surface area contributed by atoms with Gasteiger partial charge in [-0.2, -0.15) is 0 Å². The molecule has 1 heterocycles. The molecular formula is C41H54NO2P. The molecule has 4 aliphatic rings. The topological polar surface area (TPSA) is 21.5 Å².